The minimum absolute atomic E-state index is 0.137. The van der Waals surface area contributed by atoms with Crippen molar-refractivity contribution in [3.8, 4) is 5.69 Å². The molecule has 1 saturated carbocycles. The largest absolute Gasteiger partial charge is 0.465 e. The zero-order chi connectivity index (χ0) is 20.8. The number of amides is 1. The summed E-state index contributed by atoms with van der Waals surface area (Å²) in [5, 5.41) is 19.0. The minimum Gasteiger partial charge on any atom is -0.465 e. The standard InChI is InChI=1S/C21H27ClN4O3/c1-21(2,3)29-16-7-4-13(5-8-16)19-24-23-18-12-25(20(27)28)11-14-10-15(22)6-9-17(14)26(18)19/h6,9-10,13,16H,4-5,7-8,11-12H2,1-3H3,(H,27,28). The fourth-order valence-corrected chi connectivity index (χ4v) is 4.56. The van der Waals surface area contributed by atoms with Gasteiger partial charge in [-0.25, -0.2) is 4.79 Å². The zero-order valence-electron chi connectivity index (χ0n) is 17.1. The maximum absolute atomic E-state index is 11.7. The van der Waals surface area contributed by atoms with Crippen LogP contribution in [-0.2, 0) is 17.8 Å². The fraction of sp³-hybridized carbons (Fsp3) is 0.571. The van der Waals surface area contributed by atoms with Crippen molar-refractivity contribution in [1.29, 1.82) is 0 Å². The molecule has 2 aliphatic rings. The molecular weight excluding hydrogens is 392 g/mol. The van der Waals surface area contributed by atoms with Gasteiger partial charge in [-0.15, -0.1) is 10.2 Å². The lowest BCUT2D eigenvalue weighted by Crippen LogP contribution is -2.30. The number of fused-ring (bicyclic) bond motifs is 3. The van der Waals surface area contributed by atoms with E-state index in [9.17, 15) is 9.90 Å². The second-order valence-electron chi connectivity index (χ2n) is 8.93. The zero-order valence-corrected chi connectivity index (χ0v) is 17.8. The third-order valence-corrected chi connectivity index (χ3v) is 5.80. The first kappa shape index (κ1) is 20.2. The first-order chi connectivity index (χ1) is 13.7. The fourth-order valence-electron chi connectivity index (χ4n) is 4.36. The van der Waals surface area contributed by atoms with Crippen molar-refractivity contribution >= 4 is 17.7 Å². The molecule has 1 aromatic carbocycles. The van der Waals surface area contributed by atoms with Gasteiger partial charge in [0.1, 0.15) is 5.82 Å². The van der Waals surface area contributed by atoms with Gasteiger partial charge in [0.15, 0.2) is 5.82 Å². The summed E-state index contributed by atoms with van der Waals surface area (Å²) in [6, 6.07) is 5.60. The van der Waals surface area contributed by atoms with Crippen molar-refractivity contribution in [3.63, 3.8) is 0 Å². The molecule has 156 valence electrons. The van der Waals surface area contributed by atoms with Gasteiger partial charge >= 0.3 is 6.09 Å². The molecule has 1 fully saturated rings. The van der Waals surface area contributed by atoms with Gasteiger partial charge in [-0.05, 0) is 70.2 Å². The maximum atomic E-state index is 11.7. The summed E-state index contributed by atoms with van der Waals surface area (Å²) in [4.78, 5) is 13.0. The van der Waals surface area contributed by atoms with Gasteiger partial charge in [-0.3, -0.25) is 9.47 Å². The number of hydrogen-bond donors (Lipinski definition) is 1. The lowest BCUT2D eigenvalue weighted by molar-refractivity contribution is -0.0753. The van der Waals surface area contributed by atoms with Crippen LogP contribution in [0, 0.1) is 0 Å². The monoisotopic (exact) mass is 418 g/mol. The molecule has 8 heteroatoms. The molecule has 1 aliphatic carbocycles. The van der Waals surface area contributed by atoms with E-state index in [1.54, 1.807) is 0 Å². The third-order valence-electron chi connectivity index (χ3n) is 5.56. The lowest BCUT2D eigenvalue weighted by Gasteiger charge is -2.33. The highest BCUT2D eigenvalue weighted by molar-refractivity contribution is 6.30. The summed E-state index contributed by atoms with van der Waals surface area (Å²) in [6.07, 6.45) is 3.22. The van der Waals surface area contributed by atoms with Crippen molar-refractivity contribution in [2.75, 3.05) is 0 Å². The van der Waals surface area contributed by atoms with Gasteiger partial charge in [0.05, 0.1) is 30.5 Å². The summed E-state index contributed by atoms with van der Waals surface area (Å²) in [5.74, 6) is 1.83. The number of carboxylic acid groups (broad SMARTS) is 1. The van der Waals surface area contributed by atoms with Crippen molar-refractivity contribution in [3.05, 3.63) is 40.4 Å². The highest BCUT2D eigenvalue weighted by atomic mass is 35.5. The second-order valence-corrected chi connectivity index (χ2v) is 9.36. The van der Waals surface area contributed by atoms with Crippen LogP contribution in [0.5, 0.6) is 0 Å². The number of rotatable bonds is 2. The molecule has 0 unspecified atom stereocenters. The van der Waals surface area contributed by atoms with Crippen molar-refractivity contribution in [2.45, 2.75) is 77.2 Å². The number of nitrogens with zero attached hydrogens (tertiary/aromatic N) is 4. The molecular formula is C21H27ClN4O3. The Kier molecular flexibility index (Phi) is 5.29. The Morgan fingerprint density at radius 1 is 1.17 bits per heavy atom. The van der Waals surface area contributed by atoms with Crippen LogP contribution in [0.2, 0.25) is 5.02 Å². The lowest BCUT2D eigenvalue weighted by atomic mass is 9.86. The smallest absolute Gasteiger partial charge is 0.408 e. The molecule has 7 nitrogen and oxygen atoms in total. The van der Waals surface area contributed by atoms with E-state index < -0.39 is 6.09 Å². The first-order valence-electron chi connectivity index (χ1n) is 10.1. The van der Waals surface area contributed by atoms with Gasteiger partial charge in [0.2, 0.25) is 0 Å². The SMILES string of the molecule is CC(C)(C)OC1CCC(c2nnc3n2-c2ccc(Cl)cc2CN(C(=O)O)C3)CC1. The van der Waals surface area contributed by atoms with Gasteiger partial charge in [-0.2, -0.15) is 0 Å². The Labute approximate surface area is 175 Å². The number of carbonyl (C=O) groups is 1. The maximum Gasteiger partial charge on any atom is 0.408 e. The van der Waals surface area contributed by atoms with Crippen LogP contribution < -0.4 is 0 Å². The molecule has 2 heterocycles. The van der Waals surface area contributed by atoms with Crippen LogP contribution in [0.4, 0.5) is 4.79 Å². The Morgan fingerprint density at radius 3 is 2.55 bits per heavy atom. The number of halogens is 1. The molecule has 0 atom stereocenters. The molecule has 1 amide bonds. The summed E-state index contributed by atoms with van der Waals surface area (Å²) in [7, 11) is 0. The van der Waals surface area contributed by atoms with Crippen LogP contribution in [0.25, 0.3) is 5.69 Å². The van der Waals surface area contributed by atoms with Crippen molar-refractivity contribution in [2.24, 2.45) is 0 Å². The normalized spacial score (nSPS) is 22.0. The molecule has 1 aliphatic heterocycles. The van der Waals surface area contributed by atoms with Crippen LogP contribution in [0.3, 0.4) is 0 Å². The Morgan fingerprint density at radius 2 is 1.90 bits per heavy atom. The summed E-state index contributed by atoms with van der Waals surface area (Å²) in [6.45, 7) is 6.76. The van der Waals surface area contributed by atoms with Gasteiger partial charge in [0.25, 0.3) is 0 Å². The van der Waals surface area contributed by atoms with Crippen LogP contribution in [0.15, 0.2) is 18.2 Å². The predicted octanol–water partition coefficient (Wildman–Crippen LogP) is 4.76. The number of aromatic nitrogens is 3. The van der Waals surface area contributed by atoms with E-state index in [0.717, 1.165) is 42.8 Å². The van der Waals surface area contributed by atoms with Crippen molar-refractivity contribution < 1.29 is 14.6 Å². The van der Waals surface area contributed by atoms with E-state index in [0.29, 0.717) is 10.8 Å². The first-order valence-corrected chi connectivity index (χ1v) is 10.5. The van der Waals surface area contributed by atoms with E-state index in [-0.39, 0.29) is 30.7 Å². The summed E-state index contributed by atoms with van der Waals surface area (Å²) in [5.41, 5.74) is 1.65. The molecule has 0 bridgehead atoms. The molecule has 2 aromatic rings. The third kappa shape index (κ3) is 4.26. The average Bonchev–Trinajstić information content (AvgIpc) is 2.96. The van der Waals surface area contributed by atoms with Crippen LogP contribution in [-0.4, -0.2) is 42.6 Å². The van der Waals surface area contributed by atoms with E-state index >= 15 is 0 Å². The molecule has 29 heavy (non-hydrogen) atoms. The number of hydrogen-bond acceptors (Lipinski definition) is 4. The van der Waals surface area contributed by atoms with E-state index in [2.05, 4.69) is 31.0 Å². The second kappa shape index (κ2) is 7.61. The van der Waals surface area contributed by atoms with Gasteiger partial charge in [-0.1, -0.05) is 11.6 Å². The summed E-state index contributed by atoms with van der Waals surface area (Å²) < 4.78 is 8.20. The van der Waals surface area contributed by atoms with E-state index in [1.807, 2.05) is 22.8 Å². The highest BCUT2D eigenvalue weighted by Crippen LogP contribution is 2.37. The molecule has 0 saturated heterocycles. The summed E-state index contributed by atoms with van der Waals surface area (Å²) >= 11 is 6.20. The minimum atomic E-state index is -0.978. The topological polar surface area (TPSA) is 80.5 Å². The van der Waals surface area contributed by atoms with Crippen LogP contribution in [0.1, 0.15) is 69.6 Å². The Hall–Kier alpha value is -2.12. The average molecular weight is 419 g/mol. The molecule has 1 aromatic heterocycles. The quantitative estimate of drug-likeness (QED) is 0.760. The highest BCUT2D eigenvalue weighted by Gasteiger charge is 2.32. The van der Waals surface area contributed by atoms with Gasteiger partial charge in [0, 0.05) is 10.9 Å². The molecule has 4 rings (SSSR count). The number of ether oxygens (including phenoxy) is 1. The Bertz CT molecular complexity index is 913. The van der Waals surface area contributed by atoms with E-state index in [1.165, 1.54) is 4.90 Å². The Balaban J connectivity index is 1.65. The molecule has 0 spiro atoms. The van der Waals surface area contributed by atoms with Gasteiger partial charge < -0.3 is 9.84 Å². The predicted molar refractivity (Wildman–Crippen MR) is 109 cm³/mol. The van der Waals surface area contributed by atoms with E-state index in [4.69, 9.17) is 16.3 Å². The number of benzene rings is 1. The van der Waals surface area contributed by atoms with Crippen molar-refractivity contribution in [1.82, 2.24) is 19.7 Å². The van der Waals surface area contributed by atoms with Crippen LogP contribution >= 0.6 is 11.6 Å². The molecule has 0 radical (unpaired) electrons. The molecule has 1 N–H and O–H groups in total.